The average Bonchev–Trinajstić information content (AvgIpc) is 3.08. The van der Waals surface area contributed by atoms with E-state index in [4.69, 9.17) is 0 Å². The van der Waals surface area contributed by atoms with Gasteiger partial charge in [0.15, 0.2) is 5.82 Å². The van der Waals surface area contributed by atoms with Crippen LogP contribution in [0.1, 0.15) is 35.0 Å². The third kappa shape index (κ3) is 2.74. The van der Waals surface area contributed by atoms with E-state index in [0.717, 1.165) is 37.3 Å². The number of anilines is 3. The summed E-state index contributed by atoms with van der Waals surface area (Å²) in [4.78, 5) is 26.2. The van der Waals surface area contributed by atoms with Crippen LogP contribution in [0, 0.1) is 0 Å². The summed E-state index contributed by atoms with van der Waals surface area (Å²) in [6.45, 7) is 2.99. The van der Waals surface area contributed by atoms with E-state index >= 15 is 0 Å². The molecule has 3 heterocycles. The maximum Gasteiger partial charge on any atom is 0.278 e. The molecular formula is C23H22N4O. The highest BCUT2D eigenvalue weighted by Gasteiger charge is 2.32. The molecule has 0 aliphatic carbocycles. The van der Waals surface area contributed by atoms with Crippen LogP contribution >= 0.6 is 0 Å². The van der Waals surface area contributed by atoms with E-state index in [0.29, 0.717) is 5.69 Å². The topological polar surface area (TPSA) is 49.3 Å². The zero-order chi connectivity index (χ0) is 19.1. The molecule has 140 valence electrons. The van der Waals surface area contributed by atoms with Crippen molar-refractivity contribution in [1.82, 2.24) is 9.97 Å². The number of carbonyl (C=O) groups excluding carboxylic acids is 1. The molecule has 28 heavy (non-hydrogen) atoms. The molecule has 0 radical (unpaired) electrons. The summed E-state index contributed by atoms with van der Waals surface area (Å²) in [5.74, 6) is 0.703. The Bertz CT molecular complexity index is 1030. The molecule has 1 unspecified atom stereocenters. The second kappa shape index (κ2) is 6.75. The largest absolute Gasteiger partial charge is 0.325 e. The molecule has 0 saturated carbocycles. The van der Waals surface area contributed by atoms with Crippen LogP contribution in [0.2, 0.25) is 0 Å². The molecule has 3 aromatic rings. The van der Waals surface area contributed by atoms with Gasteiger partial charge < -0.3 is 9.80 Å². The highest BCUT2D eigenvalue weighted by molar-refractivity contribution is 6.06. The van der Waals surface area contributed by atoms with Crippen molar-refractivity contribution in [3.8, 4) is 0 Å². The van der Waals surface area contributed by atoms with Crippen molar-refractivity contribution in [2.24, 2.45) is 0 Å². The quantitative estimate of drug-likeness (QED) is 0.680. The zero-order valence-corrected chi connectivity index (χ0v) is 15.9. The van der Waals surface area contributed by atoms with Crippen molar-refractivity contribution in [2.75, 3.05) is 16.3 Å². The Morgan fingerprint density at radius 1 is 0.964 bits per heavy atom. The van der Waals surface area contributed by atoms with Crippen LogP contribution in [0.25, 0.3) is 0 Å². The van der Waals surface area contributed by atoms with Gasteiger partial charge in [0, 0.05) is 24.0 Å². The first kappa shape index (κ1) is 16.9. The number of aromatic nitrogens is 2. The second-order valence-electron chi connectivity index (χ2n) is 7.50. The number of fused-ring (bicyclic) bond motifs is 2. The van der Waals surface area contributed by atoms with Crippen LogP contribution in [0.5, 0.6) is 0 Å². The fourth-order valence-electron chi connectivity index (χ4n) is 4.34. The Labute approximate surface area is 164 Å². The van der Waals surface area contributed by atoms with E-state index in [1.54, 1.807) is 12.4 Å². The van der Waals surface area contributed by atoms with Gasteiger partial charge in [0.1, 0.15) is 5.69 Å². The molecule has 0 N–H and O–H groups in total. The van der Waals surface area contributed by atoms with Gasteiger partial charge in [-0.2, -0.15) is 0 Å². The Morgan fingerprint density at radius 2 is 1.71 bits per heavy atom. The van der Waals surface area contributed by atoms with E-state index in [9.17, 15) is 4.79 Å². The lowest BCUT2D eigenvalue weighted by Gasteiger charge is -2.30. The number of benzene rings is 2. The summed E-state index contributed by atoms with van der Waals surface area (Å²) in [6.07, 6.45) is 6.38. The van der Waals surface area contributed by atoms with Crippen molar-refractivity contribution in [1.29, 1.82) is 0 Å². The minimum absolute atomic E-state index is 0.0875. The van der Waals surface area contributed by atoms with Crippen LogP contribution in [0.15, 0.2) is 60.9 Å². The maximum absolute atomic E-state index is 13.1. The normalized spacial score (nSPS) is 18.0. The molecule has 0 saturated heterocycles. The fraction of sp³-hybridized carbons (Fsp3) is 0.261. The van der Waals surface area contributed by atoms with Crippen molar-refractivity contribution >= 4 is 23.1 Å². The molecule has 5 rings (SSSR count). The molecule has 2 aliphatic heterocycles. The Hall–Kier alpha value is -3.21. The van der Waals surface area contributed by atoms with Gasteiger partial charge in [-0.1, -0.05) is 36.4 Å². The van der Waals surface area contributed by atoms with Crippen LogP contribution in [-0.2, 0) is 12.8 Å². The van der Waals surface area contributed by atoms with E-state index in [1.165, 1.54) is 16.8 Å². The van der Waals surface area contributed by atoms with Crippen molar-refractivity contribution in [3.63, 3.8) is 0 Å². The van der Waals surface area contributed by atoms with Gasteiger partial charge in [-0.25, -0.2) is 9.97 Å². The molecule has 1 atom stereocenters. The third-order valence-corrected chi connectivity index (χ3v) is 5.67. The van der Waals surface area contributed by atoms with Gasteiger partial charge in [0.05, 0.1) is 12.4 Å². The van der Waals surface area contributed by atoms with Gasteiger partial charge in [0.25, 0.3) is 5.91 Å². The molecule has 0 fully saturated rings. The van der Waals surface area contributed by atoms with Gasteiger partial charge in [-0.3, -0.25) is 4.79 Å². The van der Waals surface area contributed by atoms with E-state index in [2.05, 4.69) is 52.1 Å². The molecule has 2 aromatic carbocycles. The molecule has 1 amide bonds. The second-order valence-corrected chi connectivity index (χ2v) is 7.50. The van der Waals surface area contributed by atoms with Gasteiger partial charge in [-0.05, 0) is 49.4 Å². The first-order valence-corrected chi connectivity index (χ1v) is 9.81. The van der Waals surface area contributed by atoms with Crippen LogP contribution in [0.4, 0.5) is 17.2 Å². The molecular weight excluding hydrogens is 348 g/mol. The first-order valence-electron chi connectivity index (χ1n) is 9.81. The fourth-order valence-corrected chi connectivity index (χ4v) is 4.34. The Kier molecular flexibility index (Phi) is 4.08. The van der Waals surface area contributed by atoms with Crippen molar-refractivity contribution in [3.05, 3.63) is 77.7 Å². The lowest BCUT2D eigenvalue weighted by atomic mass is 10.0. The third-order valence-electron chi connectivity index (χ3n) is 5.67. The van der Waals surface area contributed by atoms with Gasteiger partial charge in [0.2, 0.25) is 0 Å². The summed E-state index contributed by atoms with van der Waals surface area (Å²) in [7, 11) is 0. The van der Waals surface area contributed by atoms with Crippen molar-refractivity contribution in [2.45, 2.75) is 32.2 Å². The Balaban J connectivity index is 1.43. The summed E-state index contributed by atoms with van der Waals surface area (Å²) < 4.78 is 0. The SMILES string of the molecule is CC1Cc2ccccc2N1C(=O)c1cnc(N2CCCc3ccccc32)cn1. The summed E-state index contributed by atoms with van der Waals surface area (Å²) in [5, 5.41) is 0. The average molecular weight is 370 g/mol. The lowest BCUT2D eigenvalue weighted by Crippen LogP contribution is -2.36. The van der Waals surface area contributed by atoms with Crippen molar-refractivity contribution < 1.29 is 4.79 Å². The lowest BCUT2D eigenvalue weighted by molar-refractivity contribution is 0.0976. The summed E-state index contributed by atoms with van der Waals surface area (Å²) in [5.41, 5.74) is 5.09. The van der Waals surface area contributed by atoms with E-state index in [-0.39, 0.29) is 11.9 Å². The zero-order valence-electron chi connectivity index (χ0n) is 15.9. The number of rotatable bonds is 2. The highest BCUT2D eigenvalue weighted by Crippen LogP contribution is 2.34. The molecule has 0 spiro atoms. The first-order chi connectivity index (χ1) is 13.7. The molecule has 0 bridgehead atoms. The predicted molar refractivity (Wildman–Crippen MR) is 110 cm³/mol. The minimum Gasteiger partial charge on any atom is -0.325 e. The number of para-hydroxylation sites is 2. The van der Waals surface area contributed by atoms with Gasteiger partial charge in [-0.15, -0.1) is 0 Å². The molecule has 5 nitrogen and oxygen atoms in total. The number of carbonyl (C=O) groups is 1. The van der Waals surface area contributed by atoms with Crippen LogP contribution in [0.3, 0.4) is 0 Å². The van der Waals surface area contributed by atoms with Gasteiger partial charge >= 0.3 is 0 Å². The predicted octanol–water partition coefficient (Wildman–Crippen LogP) is 4.15. The summed E-state index contributed by atoms with van der Waals surface area (Å²) >= 11 is 0. The number of hydrogen-bond acceptors (Lipinski definition) is 4. The maximum atomic E-state index is 13.1. The number of aryl methyl sites for hydroxylation is 1. The number of hydrogen-bond donors (Lipinski definition) is 0. The van der Waals surface area contributed by atoms with Crippen LogP contribution in [-0.4, -0.2) is 28.5 Å². The monoisotopic (exact) mass is 370 g/mol. The number of nitrogens with zero attached hydrogens (tertiary/aromatic N) is 4. The van der Waals surface area contributed by atoms with E-state index < -0.39 is 0 Å². The minimum atomic E-state index is -0.0875. The molecule has 1 aromatic heterocycles. The smallest absolute Gasteiger partial charge is 0.278 e. The molecule has 5 heteroatoms. The van der Waals surface area contributed by atoms with Crippen LogP contribution < -0.4 is 9.80 Å². The summed E-state index contributed by atoms with van der Waals surface area (Å²) in [6, 6.07) is 16.6. The number of amides is 1. The Morgan fingerprint density at radius 3 is 2.50 bits per heavy atom. The standard InChI is InChI=1S/C23H22N4O/c1-16-13-18-8-3-5-11-21(18)27(16)23(28)19-14-25-22(15-24-19)26-12-6-9-17-7-2-4-10-20(17)26/h2-5,7-8,10-11,14-16H,6,9,12-13H2,1H3. The highest BCUT2D eigenvalue weighted by atomic mass is 16.2. The van der Waals surface area contributed by atoms with E-state index in [1.807, 2.05) is 23.1 Å². The molecule has 2 aliphatic rings.